The lowest BCUT2D eigenvalue weighted by atomic mass is 10.1. The highest BCUT2D eigenvalue weighted by Crippen LogP contribution is 2.27. The number of H-pyrrole nitrogens is 1. The first-order valence-corrected chi connectivity index (χ1v) is 12.4. The van der Waals surface area contributed by atoms with E-state index in [1.807, 2.05) is 84.9 Å². The van der Waals surface area contributed by atoms with Crippen molar-refractivity contribution < 1.29 is 14.2 Å². The number of rotatable bonds is 9. The van der Waals surface area contributed by atoms with E-state index in [-0.39, 0.29) is 0 Å². The van der Waals surface area contributed by atoms with E-state index in [0.29, 0.717) is 29.7 Å². The lowest BCUT2D eigenvalue weighted by molar-refractivity contribution is 0.289. The third kappa shape index (κ3) is 5.00. The van der Waals surface area contributed by atoms with Gasteiger partial charge in [-0.25, -0.2) is 0 Å². The van der Waals surface area contributed by atoms with Gasteiger partial charge in [0.05, 0.1) is 12.8 Å². The molecule has 0 aliphatic carbocycles. The molecule has 0 saturated heterocycles. The van der Waals surface area contributed by atoms with Gasteiger partial charge in [0.15, 0.2) is 5.01 Å². The van der Waals surface area contributed by atoms with Crippen molar-refractivity contribution >= 4 is 16.3 Å². The summed E-state index contributed by atoms with van der Waals surface area (Å²) in [7, 11) is 1.64. The fourth-order valence-electron chi connectivity index (χ4n) is 3.77. The summed E-state index contributed by atoms with van der Waals surface area (Å²) in [5.74, 6) is 2.83. The zero-order valence-corrected chi connectivity index (χ0v) is 20.7. The highest BCUT2D eigenvalue weighted by molar-refractivity contribution is 7.16. The van der Waals surface area contributed by atoms with Gasteiger partial charge in [-0.15, -0.1) is 10.2 Å². The van der Waals surface area contributed by atoms with Crippen molar-refractivity contribution in [2.45, 2.75) is 13.2 Å². The van der Waals surface area contributed by atoms with Crippen LogP contribution in [0.1, 0.15) is 10.6 Å². The Balaban J connectivity index is 1.13. The Labute approximate surface area is 216 Å². The van der Waals surface area contributed by atoms with E-state index in [2.05, 4.69) is 25.5 Å². The quantitative estimate of drug-likeness (QED) is 0.278. The number of aromatic amines is 1. The number of nitrogens with zero attached hydrogens (tertiary/aromatic N) is 5. The number of hydrogen-bond acceptors (Lipinski definition) is 8. The SMILES string of the molecule is COc1ccc(-c2cc(-c3nnc4sc(COc5cccc(OCc6ccccc6)c5)nn34)[nH]n2)cc1. The number of aromatic nitrogens is 6. The molecule has 0 radical (unpaired) electrons. The van der Waals surface area contributed by atoms with Crippen LogP contribution >= 0.6 is 11.3 Å². The summed E-state index contributed by atoms with van der Waals surface area (Å²) in [6.07, 6.45) is 0. The topological polar surface area (TPSA) is 99.5 Å². The van der Waals surface area contributed by atoms with Crippen LogP contribution in [0.5, 0.6) is 17.2 Å². The molecule has 0 bridgehead atoms. The van der Waals surface area contributed by atoms with Gasteiger partial charge >= 0.3 is 0 Å². The maximum atomic E-state index is 5.99. The van der Waals surface area contributed by atoms with E-state index in [1.165, 1.54) is 11.3 Å². The average molecular weight is 511 g/mol. The van der Waals surface area contributed by atoms with Crippen LogP contribution in [-0.4, -0.2) is 37.1 Å². The fourth-order valence-corrected chi connectivity index (χ4v) is 4.52. The van der Waals surface area contributed by atoms with Gasteiger partial charge in [0.2, 0.25) is 10.8 Å². The van der Waals surface area contributed by atoms with Crippen molar-refractivity contribution in [3.63, 3.8) is 0 Å². The molecular weight excluding hydrogens is 488 g/mol. The number of nitrogens with one attached hydrogen (secondary N) is 1. The lowest BCUT2D eigenvalue weighted by Crippen LogP contribution is -1.99. The van der Waals surface area contributed by atoms with Crippen LogP contribution < -0.4 is 14.2 Å². The van der Waals surface area contributed by atoms with Gasteiger partial charge in [0.1, 0.15) is 36.2 Å². The molecule has 0 aliphatic rings. The second-order valence-electron chi connectivity index (χ2n) is 8.15. The highest BCUT2D eigenvalue weighted by Gasteiger charge is 2.16. The molecule has 0 aliphatic heterocycles. The minimum atomic E-state index is 0.301. The molecule has 6 aromatic rings. The molecule has 10 heteroatoms. The molecule has 37 heavy (non-hydrogen) atoms. The van der Waals surface area contributed by atoms with Crippen molar-refractivity contribution in [3.05, 3.63) is 95.5 Å². The summed E-state index contributed by atoms with van der Waals surface area (Å²) in [6, 6.07) is 27.3. The van der Waals surface area contributed by atoms with Gasteiger partial charge in [0, 0.05) is 11.6 Å². The largest absolute Gasteiger partial charge is 0.497 e. The van der Waals surface area contributed by atoms with E-state index < -0.39 is 0 Å². The van der Waals surface area contributed by atoms with Gasteiger partial charge < -0.3 is 14.2 Å². The Morgan fingerprint density at radius 1 is 0.811 bits per heavy atom. The highest BCUT2D eigenvalue weighted by atomic mass is 32.1. The predicted molar refractivity (Wildman–Crippen MR) is 140 cm³/mol. The van der Waals surface area contributed by atoms with Crippen LogP contribution in [0.25, 0.3) is 27.7 Å². The second-order valence-corrected chi connectivity index (χ2v) is 9.19. The molecule has 0 saturated carbocycles. The number of fused-ring (bicyclic) bond motifs is 1. The molecule has 3 aromatic heterocycles. The van der Waals surface area contributed by atoms with Crippen LogP contribution in [0.2, 0.25) is 0 Å². The summed E-state index contributed by atoms with van der Waals surface area (Å²) in [4.78, 5) is 0.675. The van der Waals surface area contributed by atoms with Gasteiger partial charge in [-0.2, -0.15) is 14.7 Å². The lowest BCUT2D eigenvalue weighted by Gasteiger charge is -2.09. The van der Waals surface area contributed by atoms with E-state index in [9.17, 15) is 0 Å². The van der Waals surface area contributed by atoms with Crippen LogP contribution in [-0.2, 0) is 13.2 Å². The van der Waals surface area contributed by atoms with Crippen LogP contribution in [0.3, 0.4) is 0 Å². The molecule has 0 spiro atoms. The molecule has 6 rings (SSSR count). The summed E-state index contributed by atoms with van der Waals surface area (Å²) < 4.78 is 18.8. The van der Waals surface area contributed by atoms with Crippen LogP contribution in [0.4, 0.5) is 0 Å². The van der Waals surface area contributed by atoms with Gasteiger partial charge in [-0.05, 0) is 48.0 Å². The Morgan fingerprint density at radius 2 is 1.59 bits per heavy atom. The third-order valence-electron chi connectivity index (χ3n) is 5.65. The number of hydrogen-bond donors (Lipinski definition) is 1. The fraction of sp³-hybridized carbons (Fsp3) is 0.111. The Bertz CT molecular complexity index is 1630. The third-order valence-corrected chi connectivity index (χ3v) is 6.53. The number of benzene rings is 3. The first-order chi connectivity index (χ1) is 18.2. The van der Waals surface area contributed by atoms with Crippen molar-refractivity contribution in [3.8, 4) is 40.0 Å². The molecule has 0 atom stereocenters. The normalized spacial score (nSPS) is 11.1. The smallest absolute Gasteiger partial charge is 0.235 e. The molecule has 184 valence electrons. The molecule has 0 amide bonds. The van der Waals surface area contributed by atoms with Gasteiger partial charge in [0.25, 0.3) is 0 Å². The molecule has 0 fully saturated rings. The zero-order valence-electron chi connectivity index (χ0n) is 19.9. The summed E-state index contributed by atoms with van der Waals surface area (Å²) in [6.45, 7) is 0.799. The molecule has 1 N–H and O–H groups in total. The first kappa shape index (κ1) is 22.7. The van der Waals surface area contributed by atoms with Gasteiger partial charge in [-0.1, -0.05) is 47.7 Å². The number of methoxy groups -OCH3 is 1. The van der Waals surface area contributed by atoms with Crippen molar-refractivity contribution in [1.29, 1.82) is 0 Å². The Morgan fingerprint density at radius 3 is 2.38 bits per heavy atom. The monoisotopic (exact) mass is 510 g/mol. The summed E-state index contributed by atoms with van der Waals surface area (Å²) >= 11 is 1.42. The summed E-state index contributed by atoms with van der Waals surface area (Å²) in [5, 5.41) is 21.5. The molecule has 3 heterocycles. The van der Waals surface area contributed by atoms with E-state index in [4.69, 9.17) is 14.2 Å². The van der Waals surface area contributed by atoms with E-state index >= 15 is 0 Å². The van der Waals surface area contributed by atoms with Crippen molar-refractivity contribution in [2.24, 2.45) is 0 Å². The molecular formula is C27H22N6O3S. The minimum Gasteiger partial charge on any atom is -0.497 e. The van der Waals surface area contributed by atoms with E-state index in [0.717, 1.165) is 39.0 Å². The van der Waals surface area contributed by atoms with E-state index in [1.54, 1.807) is 11.6 Å². The second kappa shape index (κ2) is 10.1. The van der Waals surface area contributed by atoms with Crippen molar-refractivity contribution in [2.75, 3.05) is 7.11 Å². The Kier molecular flexibility index (Phi) is 6.22. The maximum Gasteiger partial charge on any atom is 0.235 e. The molecule has 3 aromatic carbocycles. The van der Waals surface area contributed by atoms with Crippen LogP contribution in [0.15, 0.2) is 84.9 Å². The van der Waals surface area contributed by atoms with Gasteiger partial charge in [-0.3, -0.25) is 5.10 Å². The zero-order chi connectivity index (χ0) is 25.0. The summed E-state index contributed by atoms with van der Waals surface area (Å²) in [5.41, 5.74) is 3.59. The maximum absolute atomic E-state index is 5.99. The predicted octanol–water partition coefficient (Wildman–Crippen LogP) is 5.41. The minimum absolute atomic E-state index is 0.301. The van der Waals surface area contributed by atoms with Crippen molar-refractivity contribution in [1.82, 2.24) is 30.0 Å². The molecule has 9 nitrogen and oxygen atoms in total. The average Bonchev–Trinajstić information content (AvgIpc) is 3.68. The Hall–Kier alpha value is -4.70. The molecule has 0 unspecified atom stereocenters. The van der Waals surface area contributed by atoms with Crippen LogP contribution in [0, 0.1) is 0 Å². The first-order valence-electron chi connectivity index (χ1n) is 11.6. The number of ether oxygens (including phenoxy) is 3. The standard InChI is InChI=1S/C27H22N6O3S/c1-34-20-12-10-19(11-13-20)23-15-24(29-28-23)26-30-31-27-33(26)32-25(37-27)17-36-22-9-5-8-21(14-22)35-16-18-6-3-2-4-7-18/h2-15H,16-17H2,1H3,(H,28,29).